The molecule has 6 nitrogen and oxygen atoms in total. The lowest BCUT2D eigenvalue weighted by atomic mass is 9.95. The van der Waals surface area contributed by atoms with Gasteiger partial charge in [0.1, 0.15) is 0 Å². The van der Waals surface area contributed by atoms with Crippen LogP contribution in [0.4, 0.5) is 5.69 Å². The Kier molecular flexibility index (Phi) is 5.81. The van der Waals surface area contributed by atoms with Crippen LogP contribution in [0.2, 0.25) is 5.02 Å². The van der Waals surface area contributed by atoms with Gasteiger partial charge in [-0.1, -0.05) is 53.3 Å². The van der Waals surface area contributed by atoms with Crippen LogP contribution in [-0.4, -0.2) is 10.5 Å². The average molecular weight is 490 g/mol. The van der Waals surface area contributed by atoms with Crippen molar-refractivity contribution in [3.8, 4) is 0 Å². The number of carbonyl (C=O) groups is 1. The fourth-order valence-corrected chi connectivity index (χ4v) is 5.16. The van der Waals surface area contributed by atoms with E-state index in [4.69, 9.17) is 16.0 Å². The number of aromatic nitrogens is 1. The molecule has 34 heavy (non-hydrogen) atoms. The minimum absolute atomic E-state index is 0.224. The van der Waals surface area contributed by atoms with Gasteiger partial charge in [0.15, 0.2) is 4.80 Å². The maximum atomic E-state index is 13.6. The zero-order chi connectivity index (χ0) is 23.8. The zero-order valence-corrected chi connectivity index (χ0v) is 20.0. The van der Waals surface area contributed by atoms with E-state index >= 15 is 0 Å². The fourth-order valence-electron chi connectivity index (χ4n) is 3.98. The molecule has 0 radical (unpaired) electrons. The van der Waals surface area contributed by atoms with Crippen LogP contribution in [0.25, 0.3) is 6.08 Å². The number of anilines is 1. The van der Waals surface area contributed by atoms with Crippen molar-refractivity contribution in [1.29, 1.82) is 0 Å². The number of nitrogens with zero attached hydrogens (tertiary/aromatic N) is 2. The molecule has 5 rings (SSSR count). The maximum Gasteiger partial charge on any atom is 0.271 e. The first-order chi connectivity index (χ1) is 16.4. The highest BCUT2D eigenvalue weighted by atomic mass is 35.5. The quantitative estimate of drug-likeness (QED) is 0.460. The summed E-state index contributed by atoms with van der Waals surface area (Å²) in [5, 5.41) is 3.57. The molecule has 1 N–H and O–H groups in total. The lowest BCUT2D eigenvalue weighted by molar-refractivity contribution is -0.113. The molecule has 1 aliphatic heterocycles. The highest BCUT2D eigenvalue weighted by Gasteiger charge is 2.32. The van der Waals surface area contributed by atoms with Gasteiger partial charge in [0.05, 0.1) is 34.4 Å². The highest BCUT2D eigenvalue weighted by molar-refractivity contribution is 7.07. The maximum absolute atomic E-state index is 13.6. The number of hydrogen-bond acceptors (Lipinski definition) is 5. The van der Waals surface area contributed by atoms with Crippen LogP contribution in [-0.2, 0) is 4.79 Å². The molecule has 1 amide bonds. The number of aryl methyl sites for hydroxylation is 1. The molecular weight excluding hydrogens is 470 g/mol. The van der Waals surface area contributed by atoms with Crippen LogP contribution < -0.4 is 20.2 Å². The van der Waals surface area contributed by atoms with Crippen molar-refractivity contribution < 1.29 is 9.21 Å². The number of hydrogen-bond donors (Lipinski definition) is 1. The van der Waals surface area contributed by atoms with Crippen molar-refractivity contribution in [1.82, 2.24) is 4.57 Å². The summed E-state index contributed by atoms with van der Waals surface area (Å²) in [6, 6.07) is 15.9. The number of para-hydroxylation sites is 1. The molecule has 0 saturated heterocycles. The van der Waals surface area contributed by atoms with Crippen molar-refractivity contribution in [3.63, 3.8) is 0 Å². The van der Waals surface area contributed by atoms with E-state index in [1.165, 1.54) is 11.3 Å². The summed E-state index contributed by atoms with van der Waals surface area (Å²) in [5.41, 5.74) is 3.94. The molecule has 2 aromatic carbocycles. The number of fused-ring (bicyclic) bond motifs is 1. The molecule has 0 fully saturated rings. The lowest BCUT2D eigenvalue weighted by Crippen LogP contribution is -2.40. The predicted octanol–water partition coefficient (Wildman–Crippen LogP) is 4.43. The molecule has 1 atom stereocenters. The Morgan fingerprint density at radius 3 is 2.62 bits per heavy atom. The molecule has 1 unspecified atom stereocenters. The summed E-state index contributed by atoms with van der Waals surface area (Å²) < 4.78 is 7.22. The minimum atomic E-state index is -0.649. The smallest absolute Gasteiger partial charge is 0.271 e. The first-order valence-electron chi connectivity index (χ1n) is 10.6. The molecule has 170 valence electrons. The monoisotopic (exact) mass is 489 g/mol. The van der Waals surface area contributed by atoms with E-state index in [1.807, 2.05) is 43.3 Å². The number of thiazole rings is 1. The number of halogens is 1. The Bertz CT molecular complexity index is 1600. The van der Waals surface area contributed by atoms with Crippen molar-refractivity contribution in [2.75, 3.05) is 5.32 Å². The van der Waals surface area contributed by atoms with Gasteiger partial charge in [-0.2, -0.15) is 0 Å². The van der Waals surface area contributed by atoms with E-state index in [1.54, 1.807) is 48.3 Å². The first-order valence-corrected chi connectivity index (χ1v) is 11.8. The van der Waals surface area contributed by atoms with Gasteiger partial charge in [-0.25, -0.2) is 4.99 Å². The summed E-state index contributed by atoms with van der Waals surface area (Å²) in [6.07, 6.45) is 4.89. The topological polar surface area (TPSA) is 76.6 Å². The average Bonchev–Trinajstić information content (AvgIpc) is 3.43. The molecule has 4 aromatic rings. The summed E-state index contributed by atoms with van der Waals surface area (Å²) in [5.74, 6) is -0.306. The van der Waals surface area contributed by atoms with E-state index in [2.05, 4.69) is 10.3 Å². The summed E-state index contributed by atoms with van der Waals surface area (Å²) in [4.78, 5) is 32.3. The number of benzene rings is 2. The largest absolute Gasteiger partial charge is 0.472 e. The van der Waals surface area contributed by atoms with Crippen LogP contribution in [0.3, 0.4) is 0 Å². The van der Waals surface area contributed by atoms with Crippen molar-refractivity contribution in [2.45, 2.75) is 19.9 Å². The second-order valence-electron chi connectivity index (χ2n) is 7.96. The number of rotatable bonds is 4. The number of allylic oxidation sites excluding steroid dienone is 1. The van der Waals surface area contributed by atoms with E-state index in [9.17, 15) is 9.59 Å². The zero-order valence-electron chi connectivity index (χ0n) is 18.4. The number of carbonyl (C=O) groups excluding carboxylic acids is 1. The van der Waals surface area contributed by atoms with Crippen LogP contribution in [0.15, 0.2) is 92.6 Å². The van der Waals surface area contributed by atoms with Gasteiger partial charge in [0.25, 0.3) is 11.5 Å². The third-order valence-electron chi connectivity index (χ3n) is 5.69. The Morgan fingerprint density at radius 1 is 1.15 bits per heavy atom. The van der Waals surface area contributed by atoms with Gasteiger partial charge in [0, 0.05) is 16.3 Å². The van der Waals surface area contributed by atoms with Crippen molar-refractivity contribution >= 4 is 40.6 Å². The summed E-state index contributed by atoms with van der Waals surface area (Å²) in [7, 11) is 0. The molecule has 2 aromatic heterocycles. The Morgan fingerprint density at radius 2 is 1.91 bits per heavy atom. The Balaban J connectivity index is 1.68. The molecule has 0 spiro atoms. The second-order valence-corrected chi connectivity index (χ2v) is 9.40. The van der Waals surface area contributed by atoms with E-state index in [-0.39, 0.29) is 11.5 Å². The summed E-state index contributed by atoms with van der Waals surface area (Å²) in [6.45, 7) is 3.72. The van der Waals surface area contributed by atoms with Gasteiger partial charge in [-0.15, -0.1) is 0 Å². The predicted molar refractivity (Wildman–Crippen MR) is 134 cm³/mol. The van der Waals surface area contributed by atoms with Crippen LogP contribution in [0, 0.1) is 6.92 Å². The Labute approximate surface area is 204 Å². The number of furan rings is 1. The fraction of sp³-hybridized carbons (Fsp3) is 0.115. The van der Waals surface area contributed by atoms with Crippen LogP contribution in [0.1, 0.15) is 29.7 Å². The highest BCUT2D eigenvalue weighted by Crippen LogP contribution is 2.31. The third kappa shape index (κ3) is 4.04. The molecule has 0 aliphatic carbocycles. The van der Waals surface area contributed by atoms with Crippen molar-refractivity contribution in [2.24, 2.45) is 4.99 Å². The molecule has 0 saturated carbocycles. The van der Waals surface area contributed by atoms with Crippen LogP contribution in [0.5, 0.6) is 0 Å². The molecule has 1 aliphatic rings. The van der Waals surface area contributed by atoms with Crippen molar-refractivity contribution in [3.05, 3.63) is 120 Å². The summed E-state index contributed by atoms with van der Waals surface area (Å²) >= 11 is 7.41. The lowest BCUT2D eigenvalue weighted by Gasteiger charge is -2.25. The SMILES string of the molecule is CC1=C(C(=O)Nc2ccccc2C)C(c2ccc(Cl)cc2)n2c(s/c(=C\c3ccoc3)c2=O)=N1. The number of amides is 1. The van der Waals surface area contributed by atoms with Gasteiger partial charge in [0.2, 0.25) is 0 Å². The van der Waals surface area contributed by atoms with E-state index in [0.717, 1.165) is 16.7 Å². The molecule has 8 heteroatoms. The number of nitrogens with one attached hydrogen (secondary N) is 1. The van der Waals surface area contributed by atoms with Gasteiger partial charge < -0.3 is 9.73 Å². The van der Waals surface area contributed by atoms with Gasteiger partial charge >= 0.3 is 0 Å². The third-order valence-corrected chi connectivity index (χ3v) is 6.92. The van der Waals surface area contributed by atoms with E-state index < -0.39 is 6.04 Å². The standard InChI is InChI=1S/C26H20ClN3O3S/c1-15-5-3-4-6-20(15)29-24(31)22-16(2)28-26-30(23(22)18-7-9-19(27)10-8-18)25(32)21(34-26)13-17-11-12-33-14-17/h3-14,23H,1-2H3,(H,29,31)/b21-13-. The Hall–Kier alpha value is -3.68. The molecule has 3 heterocycles. The van der Waals surface area contributed by atoms with Crippen LogP contribution >= 0.6 is 22.9 Å². The van der Waals surface area contributed by atoms with Gasteiger partial charge in [-0.3, -0.25) is 14.2 Å². The minimum Gasteiger partial charge on any atom is -0.472 e. The van der Waals surface area contributed by atoms with Gasteiger partial charge in [-0.05, 0) is 55.3 Å². The molecular formula is C26H20ClN3O3S. The normalized spacial score (nSPS) is 15.7. The van der Waals surface area contributed by atoms with E-state index in [0.29, 0.717) is 31.3 Å². The second kappa shape index (κ2) is 8.93. The molecule has 0 bridgehead atoms. The first kappa shape index (κ1) is 22.1.